The molecule has 3 atom stereocenters. The number of hydrogen-bond acceptors (Lipinski definition) is 2. The summed E-state index contributed by atoms with van der Waals surface area (Å²) in [5, 5.41) is 0. The van der Waals surface area contributed by atoms with Gasteiger partial charge in [-0.15, -0.1) is 0 Å². The molecule has 0 radical (unpaired) electrons. The lowest BCUT2D eigenvalue weighted by atomic mass is 9.94. The number of fused-ring (bicyclic) bond motifs is 1. The molecule has 0 amide bonds. The van der Waals surface area contributed by atoms with Crippen molar-refractivity contribution in [3.63, 3.8) is 0 Å². The predicted octanol–water partition coefficient (Wildman–Crippen LogP) is 2.98. The Bertz CT molecular complexity index is 239. The third-order valence-corrected chi connectivity index (χ3v) is 4.92. The molecular formula is C15H30N2. The van der Waals surface area contributed by atoms with Gasteiger partial charge < -0.3 is 0 Å². The van der Waals surface area contributed by atoms with E-state index < -0.39 is 0 Å². The van der Waals surface area contributed by atoms with Gasteiger partial charge in [0, 0.05) is 31.2 Å². The van der Waals surface area contributed by atoms with Crippen molar-refractivity contribution in [2.75, 3.05) is 19.6 Å². The van der Waals surface area contributed by atoms with Crippen molar-refractivity contribution in [1.82, 2.24) is 9.80 Å². The van der Waals surface area contributed by atoms with Crippen molar-refractivity contribution in [2.24, 2.45) is 5.92 Å². The highest BCUT2D eigenvalue weighted by Gasteiger charge is 2.38. The lowest BCUT2D eigenvalue weighted by molar-refractivity contribution is 0.00291. The van der Waals surface area contributed by atoms with Crippen LogP contribution >= 0.6 is 0 Å². The third kappa shape index (κ3) is 2.68. The summed E-state index contributed by atoms with van der Waals surface area (Å²) >= 11 is 0. The first kappa shape index (κ1) is 13.4. The van der Waals surface area contributed by atoms with Crippen LogP contribution in [-0.2, 0) is 0 Å². The topological polar surface area (TPSA) is 6.48 Å². The fourth-order valence-corrected chi connectivity index (χ4v) is 3.97. The molecule has 2 saturated heterocycles. The minimum atomic E-state index is 0.794. The molecule has 2 heterocycles. The number of hydrogen-bond donors (Lipinski definition) is 0. The number of rotatable bonds is 4. The molecule has 0 N–H and O–H groups in total. The quantitative estimate of drug-likeness (QED) is 0.743. The van der Waals surface area contributed by atoms with Crippen molar-refractivity contribution in [2.45, 2.75) is 71.5 Å². The van der Waals surface area contributed by atoms with E-state index in [1.54, 1.807) is 0 Å². The van der Waals surface area contributed by atoms with Crippen LogP contribution in [0.4, 0.5) is 0 Å². The van der Waals surface area contributed by atoms with Crippen LogP contribution in [0.15, 0.2) is 0 Å². The molecule has 0 spiro atoms. The van der Waals surface area contributed by atoms with Crippen molar-refractivity contribution >= 4 is 0 Å². The van der Waals surface area contributed by atoms with Gasteiger partial charge >= 0.3 is 0 Å². The van der Waals surface area contributed by atoms with Gasteiger partial charge in [0.1, 0.15) is 0 Å². The first-order chi connectivity index (χ1) is 8.17. The van der Waals surface area contributed by atoms with Crippen LogP contribution in [0.1, 0.15) is 53.4 Å². The molecule has 2 rings (SSSR count). The summed E-state index contributed by atoms with van der Waals surface area (Å²) in [5.41, 5.74) is 0. The van der Waals surface area contributed by atoms with Crippen LogP contribution in [0, 0.1) is 5.92 Å². The molecule has 0 aromatic heterocycles. The van der Waals surface area contributed by atoms with E-state index in [4.69, 9.17) is 0 Å². The van der Waals surface area contributed by atoms with Crippen LogP contribution in [0.25, 0.3) is 0 Å². The Morgan fingerprint density at radius 1 is 1.18 bits per heavy atom. The van der Waals surface area contributed by atoms with Gasteiger partial charge in [-0.05, 0) is 38.1 Å². The van der Waals surface area contributed by atoms with E-state index in [-0.39, 0.29) is 0 Å². The van der Waals surface area contributed by atoms with E-state index >= 15 is 0 Å². The standard InChI is InChI=1S/C15H30N2/c1-5-13-10-16-9-7-8-14(16)11-17(13)15(6-2)12(3)4/h12-15H,5-11H2,1-4H3. The van der Waals surface area contributed by atoms with Gasteiger partial charge in [0.25, 0.3) is 0 Å². The normalized spacial score (nSPS) is 33.0. The fourth-order valence-electron chi connectivity index (χ4n) is 3.97. The van der Waals surface area contributed by atoms with Gasteiger partial charge in [-0.1, -0.05) is 27.7 Å². The summed E-state index contributed by atoms with van der Waals surface area (Å²) in [4.78, 5) is 5.59. The molecule has 0 aliphatic carbocycles. The van der Waals surface area contributed by atoms with E-state index in [1.807, 2.05) is 0 Å². The zero-order chi connectivity index (χ0) is 12.4. The van der Waals surface area contributed by atoms with Crippen molar-refractivity contribution in [3.8, 4) is 0 Å². The number of nitrogens with zero attached hydrogens (tertiary/aromatic N) is 2. The van der Waals surface area contributed by atoms with E-state index in [0.29, 0.717) is 0 Å². The van der Waals surface area contributed by atoms with Crippen molar-refractivity contribution in [1.29, 1.82) is 0 Å². The maximum Gasteiger partial charge on any atom is 0.0224 e. The molecule has 17 heavy (non-hydrogen) atoms. The highest BCUT2D eigenvalue weighted by atomic mass is 15.3. The zero-order valence-electron chi connectivity index (χ0n) is 12.2. The Balaban J connectivity index is 2.07. The van der Waals surface area contributed by atoms with Crippen molar-refractivity contribution < 1.29 is 0 Å². The van der Waals surface area contributed by atoms with Gasteiger partial charge in [0.05, 0.1) is 0 Å². The summed E-state index contributed by atoms with van der Waals surface area (Å²) in [6.07, 6.45) is 5.47. The summed E-state index contributed by atoms with van der Waals surface area (Å²) in [7, 11) is 0. The molecule has 2 aliphatic heterocycles. The molecule has 0 saturated carbocycles. The molecule has 0 aromatic carbocycles. The molecule has 0 bridgehead atoms. The minimum absolute atomic E-state index is 0.794. The Kier molecular flexibility index (Phi) is 4.48. The summed E-state index contributed by atoms with van der Waals surface area (Å²) in [6.45, 7) is 13.5. The van der Waals surface area contributed by atoms with Gasteiger partial charge in [-0.2, -0.15) is 0 Å². The average molecular weight is 238 g/mol. The molecule has 100 valence electrons. The number of piperazine rings is 1. The summed E-state index contributed by atoms with van der Waals surface area (Å²) in [5.74, 6) is 0.794. The highest BCUT2D eigenvalue weighted by molar-refractivity contribution is 4.94. The Morgan fingerprint density at radius 3 is 2.53 bits per heavy atom. The van der Waals surface area contributed by atoms with Gasteiger partial charge in [-0.3, -0.25) is 9.80 Å². The van der Waals surface area contributed by atoms with E-state index in [0.717, 1.165) is 24.0 Å². The molecule has 3 unspecified atom stereocenters. The highest BCUT2D eigenvalue weighted by Crippen LogP contribution is 2.29. The smallest absolute Gasteiger partial charge is 0.0224 e. The second-order valence-electron chi connectivity index (χ2n) is 6.27. The van der Waals surface area contributed by atoms with Crippen molar-refractivity contribution in [3.05, 3.63) is 0 Å². The Hall–Kier alpha value is -0.0800. The largest absolute Gasteiger partial charge is 0.298 e. The van der Waals surface area contributed by atoms with Gasteiger partial charge in [0.15, 0.2) is 0 Å². The van der Waals surface area contributed by atoms with Crippen LogP contribution in [0.3, 0.4) is 0 Å². The van der Waals surface area contributed by atoms with E-state index in [1.165, 1.54) is 45.3 Å². The maximum absolute atomic E-state index is 2.84. The van der Waals surface area contributed by atoms with Crippen LogP contribution in [0.5, 0.6) is 0 Å². The Morgan fingerprint density at radius 2 is 1.94 bits per heavy atom. The minimum Gasteiger partial charge on any atom is -0.298 e. The van der Waals surface area contributed by atoms with Gasteiger partial charge in [0.2, 0.25) is 0 Å². The predicted molar refractivity (Wildman–Crippen MR) is 74.3 cm³/mol. The zero-order valence-corrected chi connectivity index (χ0v) is 12.2. The van der Waals surface area contributed by atoms with E-state index in [9.17, 15) is 0 Å². The van der Waals surface area contributed by atoms with Crippen LogP contribution in [0.2, 0.25) is 0 Å². The van der Waals surface area contributed by atoms with E-state index in [2.05, 4.69) is 37.5 Å². The summed E-state index contributed by atoms with van der Waals surface area (Å²) < 4.78 is 0. The second kappa shape index (κ2) is 5.71. The fraction of sp³-hybridized carbons (Fsp3) is 1.00. The Labute approximate surface area is 107 Å². The first-order valence-corrected chi connectivity index (χ1v) is 7.67. The first-order valence-electron chi connectivity index (χ1n) is 7.67. The second-order valence-corrected chi connectivity index (χ2v) is 6.27. The lowest BCUT2D eigenvalue weighted by Crippen LogP contribution is -2.59. The summed E-state index contributed by atoms with van der Waals surface area (Å²) in [6, 6.07) is 2.46. The van der Waals surface area contributed by atoms with Gasteiger partial charge in [-0.25, -0.2) is 0 Å². The van der Waals surface area contributed by atoms with Crippen LogP contribution in [-0.4, -0.2) is 47.6 Å². The van der Waals surface area contributed by atoms with Crippen LogP contribution < -0.4 is 0 Å². The molecule has 0 aromatic rings. The molecule has 2 fully saturated rings. The molecule has 2 nitrogen and oxygen atoms in total. The third-order valence-electron chi connectivity index (χ3n) is 4.92. The molecule has 2 heteroatoms. The lowest BCUT2D eigenvalue weighted by Gasteiger charge is -2.48. The monoisotopic (exact) mass is 238 g/mol. The average Bonchev–Trinajstić information content (AvgIpc) is 2.75. The molecule has 2 aliphatic rings. The maximum atomic E-state index is 2.84. The molecular weight excluding hydrogens is 208 g/mol. The SMILES string of the molecule is CCC1CN2CCCC2CN1C(CC)C(C)C.